The van der Waals surface area contributed by atoms with Gasteiger partial charge in [0.2, 0.25) is 5.91 Å². The van der Waals surface area contributed by atoms with E-state index in [0.717, 1.165) is 0 Å². The van der Waals surface area contributed by atoms with E-state index >= 15 is 0 Å². The molecule has 124 valence electrons. The normalized spacial score (nSPS) is 10.1. The van der Waals surface area contributed by atoms with Crippen molar-refractivity contribution in [2.75, 3.05) is 10.6 Å². The van der Waals surface area contributed by atoms with Gasteiger partial charge < -0.3 is 15.7 Å². The fourth-order valence-corrected chi connectivity index (χ4v) is 2.09. The number of amides is 2. The Morgan fingerprint density at radius 3 is 2.12 bits per heavy atom. The Bertz CT molecular complexity index is 782. The van der Waals surface area contributed by atoms with E-state index in [1.165, 1.54) is 12.1 Å². The van der Waals surface area contributed by atoms with Gasteiger partial charge in [-0.15, -0.1) is 0 Å². The lowest BCUT2D eigenvalue weighted by Gasteiger charge is -2.10. The summed E-state index contributed by atoms with van der Waals surface area (Å²) < 4.78 is 0. The van der Waals surface area contributed by atoms with Crippen LogP contribution < -0.4 is 10.6 Å². The second kappa shape index (κ2) is 7.41. The number of rotatable bonds is 5. The average Bonchev–Trinajstić information content (AvgIpc) is 2.56. The summed E-state index contributed by atoms with van der Waals surface area (Å²) in [5.74, 6) is -1.42. The van der Waals surface area contributed by atoms with Gasteiger partial charge in [-0.1, -0.05) is 6.92 Å². The number of hydrogen-bond donors (Lipinski definition) is 3. The maximum atomic E-state index is 12.3. The summed E-state index contributed by atoms with van der Waals surface area (Å²) in [6.45, 7) is 3.49. The summed E-state index contributed by atoms with van der Waals surface area (Å²) >= 11 is 0. The minimum atomic E-state index is -1.01. The highest BCUT2D eigenvalue weighted by Gasteiger charge is 2.10. The topological polar surface area (TPSA) is 95.5 Å². The zero-order chi connectivity index (χ0) is 17.7. The third-order valence-electron chi connectivity index (χ3n) is 3.47. The minimum Gasteiger partial charge on any atom is -0.478 e. The van der Waals surface area contributed by atoms with Crippen LogP contribution in [0.2, 0.25) is 0 Å². The van der Waals surface area contributed by atoms with Crippen molar-refractivity contribution < 1.29 is 19.5 Å². The highest BCUT2D eigenvalue weighted by Crippen LogP contribution is 2.18. The molecule has 0 atom stereocenters. The van der Waals surface area contributed by atoms with Crippen LogP contribution in [-0.2, 0) is 4.79 Å². The molecule has 6 heteroatoms. The summed E-state index contributed by atoms with van der Waals surface area (Å²) in [6, 6.07) is 11.0. The Labute approximate surface area is 139 Å². The van der Waals surface area contributed by atoms with Gasteiger partial charge in [0, 0.05) is 23.4 Å². The third kappa shape index (κ3) is 4.19. The molecule has 2 amide bonds. The van der Waals surface area contributed by atoms with E-state index in [-0.39, 0.29) is 17.4 Å². The van der Waals surface area contributed by atoms with Crippen LogP contribution in [0.25, 0.3) is 0 Å². The first-order valence-electron chi connectivity index (χ1n) is 7.46. The van der Waals surface area contributed by atoms with Gasteiger partial charge in [0.05, 0.1) is 5.56 Å². The van der Waals surface area contributed by atoms with Crippen molar-refractivity contribution >= 4 is 29.2 Å². The van der Waals surface area contributed by atoms with Gasteiger partial charge in [0.25, 0.3) is 5.91 Å². The standard InChI is InChI=1S/C18H18N2O4/c1-3-16(21)19-14-7-4-12(5-8-14)17(22)20-15-9-6-13(18(23)24)10-11(15)2/h4-10H,3H2,1-2H3,(H,19,21)(H,20,22)(H,23,24). The molecule has 6 nitrogen and oxygen atoms in total. The molecule has 0 radical (unpaired) electrons. The maximum Gasteiger partial charge on any atom is 0.335 e. The quantitative estimate of drug-likeness (QED) is 0.785. The monoisotopic (exact) mass is 326 g/mol. The van der Waals surface area contributed by atoms with Crippen LogP contribution in [0.3, 0.4) is 0 Å². The molecule has 3 N–H and O–H groups in total. The summed E-state index contributed by atoms with van der Waals surface area (Å²) in [5, 5.41) is 14.4. The van der Waals surface area contributed by atoms with Crippen molar-refractivity contribution in [3.05, 3.63) is 59.2 Å². The fraction of sp³-hybridized carbons (Fsp3) is 0.167. The molecule has 0 saturated heterocycles. The van der Waals surface area contributed by atoms with Crippen LogP contribution in [0.5, 0.6) is 0 Å². The molecule has 2 rings (SSSR count). The van der Waals surface area contributed by atoms with Crippen molar-refractivity contribution in [1.29, 1.82) is 0 Å². The number of nitrogens with one attached hydrogen (secondary N) is 2. The number of aryl methyl sites for hydroxylation is 1. The summed E-state index contributed by atoms with van der Waals surface area (Å²) in [5.41, 5.74) is 2.44. The molecule has 0 unspecified atom stereocenters. The SMILES string of the molecule is CCC(=O)Nc1ccc(C(=O)Nc2ccc(C(=O)O)cc2C)cc1. The van der Waals surface area contributed by atoms with Crippen molar-refractivity contribution in [3.63, 3.8) is 0 Å². The first-order valence-corrected chi connectivity index (χ1v) is 7.46. The average molecular weight is 326 g/mol. The number of carboxylic acids is 1. The molecule has 0 bridgehead atoms. The molecule has 0 heterocycles. The van der Waals surface area contributed by atoms with E-state index in [1.807, 2.05) is 0 Å². The highest BCUT2D eigenvalue weighted by molar-refractivity contribution is 6.05. The van der Waals surface area contributed by atoms with Gasteiger partial charge in [-0.25, -0.2) is 4.79 Å². The van der Waals surface area contributed by atoms with E-state index in [2.05, 4.69) is 10.6 Å². The zero-order valence-corrected chi connectivity index (χ0v) is 13.4. The maximum absolute atomic E-state index is 12.3. The van der Waals surface area contributed by atoms with Crippen LogP contribution in [0.4, 0.5) is 11.4 Å². The fourth-order valence-electron chi connectivity index (χ4n) is 2.09. The van der Waals surface area contributed by atoms with Gasteiger partial charge >= 0.3 is 5.97 Å². The molecular weight excluding hydrogens is 308 g/mol. The second-order valence-corrected chi connectivity index (χ2v) is 5.27. The number of carbonyl (C=O) groups is 3. The molecule has 0 aliphatic rings. The number of anilines is 2. The first kappa shape index (κ1) is 17.2. The summed E-state index contributed by atoms with van der Waals surface area (Å²) in [6.07, 6.45) is 0.383. The minimum absolute atomic E-state index is 0.0960. The van der Waals surface area contributed by atoms with E-state index in [9.17, 15) is 14.4 Å². The van der Waals surface area contributed by atoms with Gasteiger partial charge in [-0.3, -0.25) is 9.59 Å². The van der Waals surface area contributed by atoms with E-state index in [0.29, 0.717) is 28.9 Å². The number of carboxylic acid groups (broad SMARTS) is 1. The number of aromatic carboxylic acids is 1. The van der Waals surface area contributed by atoms with Crippen molar-refractivity contribution in [2.24, 2.45) is 0 Å². The van der Waals surface area contributed by atoms with Gasteiger partial charge in [0.1, 0.15) is 0 Å². The molecule has 0 aliphatic heterocycles. The molecule has 0 fully saturated rings. The molecule has 2 aromatic rings. The van der Waals surface area contributed by atoms with Crippen LogP contribution in [0, 0.1) is 6.92 Å². The number of benzene rings is 2. The lowest BCUT2D eigenvalue weighted by atomic mass is 10.1. The third-order valence-corrected chi connectivity index (χ3v) is 3.47. The van der Waals surface area contributed by atoms with E-state index in [4.69, 9.17) is 5.11 Å². The molecular formula is C18H18N2O4. The predicted molar refractivity (Wildman–Crippen MR) is 91.5 cm³/mol. The molecule has 24 heavy (non-hydrogen) atoms. The Morgan fingerprint density at radius 1 is 0.958 bits per heavy atom. The first-order chi connectivity index (χ1) is 11.4. The van der Waals surface area contributed by atoms with Crippen molar-refractivity contribution in [3.8, 4) is 0 Å². The lowest BCUT2D eigenvalue weighted by molar-refractivity contribution is -0.115. The predicted octanol–water partition coefficient (Wildman–Crippen LogP) is 3.29. The van der Waals surface area contributed by atoms with Gasteiger partial charge in [-0.2, -0.15) is 0 Å². The van der Waals surface area contributed by atoms with Crippen molar-refractivity contribution in [2.45, 2.75) is 20.3 Å². The van der Waals surface area contributed by atoms with Crippen LogP contribution >= 0.6 is 0 Å². The summed E-state index contributed by atoms with van der Waals surface area (Å²) in [4.78, 5) is 34.5. The summed E-state index contributed by atoms with van der Waals surface area (Å²) in [7, 11) is 0. The van der Waals surface area contributed by atoms with Gasteiger partial charge in [-0.05, 0) is 55.0 Å². The van der Waals surface area contributed by atoms with Gasteiger partial charge in [0.15, 0.2) is 0 Å². The Balaban J connectivity index is 2.09. The Kier molecular flexibility index (Phi) is 5.31. The molecule has 0 aromatic heterocycles. The highest BCUT2D eigenvalue weighted by atomic mass is 16.4. The van der Waals surface area contributed by atoms with E-state index in [1.54, 1.807) is 44.2 Å². The van der Waals surface area contributed by atoms with E-state index < -0.39 is 5.97 Å². The number of carbonyl (C=O) groups excluding carboxylic acids is 2. The lowest BCUT2D eigenvalue weighted by Crippen LogP contribution is -2.14. The van der Waals surface area contributed by atoms with Crippen molar-refractivity contribution in [1.82, 2.24) is 0 Å². The van der Waals surface area contributed by atoms with Crippen LogP contribution in [0.1, 0.15) is 39.6 Å². The Hall–Kier alpha value is -3.15. The zero-order valence-electron chi connectivity index (χ0n) is 13.4. The molecule has 0 aliphatic carbocycles. The van der Waals surface area contributed by atoms with Crippen LogP contribution in [-0.4, -0.2) is 22.9 Å². The second-order valence-electron chi connectivity index (χ2n) is 5.27. The largest absolute Gasteiger partial charge is 0.478 e. The molecule has 0 saturated carbocycles. The molecule has 0 spiro atoms. The van der Waals surface area contributed by atoms with Crippen LogP contribution in [0.15, 0.2) is 42.5 Å². The molecule has 2 aromatic carbocycles. The smallest absolute Gasteiger partial charge is 0.335 e. The number of hydrogen-bond acceptors (Lipinski definition) is 3. The Morgan fingerprint density at radius 2 is 1.58 bits per heavy atom.